The van der Waals surface area contributed by atoms with E-state index in [4.69, 9.17) is 0 Å². The zero-order chi connectivity index (χ0) is 18.8. The lowest BCUT2D eigenvalue weighted by Crippen LogP contribution is -2.37. The average molecular weight is 352 g/mol. The summed E-state index contributed by atoms with van der Waals surface area (Å²) in [5, 5.41) is 0. The molecule has 0 spiro atoms. The van der Waals surface area contributed by atoms with Gasteiger partial charge in [0.15, 0.2) is 0 Å². The van der Waals surface area contributed by atoms with E-state index < -0.39 is 29.8 Å². The first-order valence-electron chi connectivity index (χ1n) is 7.70. The Labute approximate surface area is 143 Å². The van der Waals surface area contributed by atoms with E-state index in [0.717, 1.165) is 21.8 Å². The number of carbonyl (C=O) groups is 1. The first-order chi connectivity index (χ1) is 11.6. The standard InChI is InChI=1S/C18H19F3N2O2/c1-12-6-8-14(9-7-12)13(2)22(3)16(24)11-23-10-4-5-15(17(23)25)18(19,20)21/h4-10,13H,11H2,1-3H3. The molecule has 1 aromatic heterocycles. The summed E-state index contributed by atoms with van der Waals surface area (Å²) in [5.41, 5.74) is -0.518. The minimum atomic E-state index is -4.75. The molecule has 2 rings (SSSR count). The average Bonchev–Trinajstić information content (AvgIpc) is 2.55. The van der Waals surface area contributed by atoms with Crippen molar-refractivity contribution in [3.8, 4) is 0 Å². The molecular formula is C18H19F3N2O2. The number of rotatable bonds is 4. The van der Waals surface area contributed by atoms with Gasteiger partial charge in [0, 0.05) is 13.2 Å². The third kappa shape index (κ3) is 4.29. The first-order valence-corrected chi connectivity index (χ1v) is 7.70. The number of carbonyl (C=O) groups excluding carboxylic acids is 1. The van der Waals surface area contributed by atoms with E-state index in [2.05, 4.69) is 0 Å². The second-order valence-corrected chi connectivity index (χ2v) is 5.94. The molecule has 0 saturated carbocycles. The van der Waals surface area contributed by atoms with Gasteiger partial charge in [0.25, 0.3) is 5.56 Å². The molecule has 0 saturated heterocycles. The molecule has 2 aromatic rings. The van der Waals surface area contributed by atoms with Crippen LogP contribution in [0.2, 0.25) is 0 Å². The molecule has 0 N–H and O–H groups in total. The van der Waals surface area contributed by atoms with Gasteiger partial charge < -0.3 is 9.47 Å². The number of aromatic nitrogens is 1. The highest BCUT2D eigenvalue weighted by Crippen LogP contribution is 2.26. The molecule has 0 aliphatic rings. The van der Waals surface area contributed by atoms with Crippen molar-refractivity contribution in [1.29, 1.82) is 0 Å². The van der Waals surface area contributed by atoms with Gasteiger partial charge in [-0.15, -0.1) is 0 Å². The Hall–Kier alpha value is -2.57. The van der Waals surface area contributed by atoms with Crippen LogP contribution in [-0.2, 0) is 17.5 Å². The van der Waals surface area contributed by atoms with Gasteiger partial charge in [-0.3, -0.25) is 9.59 Å². The van der Waals surface area contributed by atoms with Crippen LogP contribution in [0, 0.1) is 6.92 Å². The second-order valence-electron chi connectivity index (χ2n) is 5.94. The van der Waals surface area contributed by atoms with Gasteiger partial charge in [-0.05, 0) is 31.5 Å². The van der Waals surface area contributed by atoms with E-state index in [9.17, 15) is 22.8 Å². The number of benzene rings is 1. The number of hydrogen-bond acceptors (Lipinski definition) is 2. The normalized spacial score (nSPS) is 12.7. The van der Waals surface area contributed by atoms with Gasteiger partial charge in [0.05, 0.1) is 6.04 Å². The molecule has 1 atom stereocenters. The molecule has 1 aromatic carbocycles. The lowest BCUT2D eigenvalue weighted by atomic mass is 10.1. The summed E-state index contributed by atoms with van der Waals surface area (Å²) in [7, 11) is 1.56. The highest BCUT2D eigenvalue weighted by molar-refractivity contribution is 5.76. The predicted octanol–water partition coefficient (Wildman–Crippen LogP) is 3.40. The molecule has 1 heterocycles. The van der Waals surface area contributed by atoms with E-state index in [1.165, 1.54) is 11.1 Å². The molecule has 0 aliphatic heterocycles. The minimum absolute atomic E-state index is 0.269. The smallest absolute Gasteiger partial charge is 0.337 e. The summed E-state index contributed by atoms with van der Waals surface area (Å²) in [6.45, 7) is 3.32. The number of halogens is 3. The summed E-state index contributed by atoms with van der Waals surface area (Å²) in [5.74, 6) is -0.450. The fraction of sp³-hybridized carbons (Fsp3) is 0.333. The van der Waals surface area contributed by atoms with Crippen molar-refractivity contribution >= 4 is 5.91 Å². The number of hydrogen-bond donors (Lipinski definition) is 0. The fourth-order valence-corrected chi connectivity index (χ4v) is 2.42. The summed E-state index contributed by atoms with van der Waals surface area (Å²) in [4.78, 5) is 25.7. The van der Waals surface area contributed by atoms with Crippen LogP contribution in [-0.4, -0.2) is 22.4 Å². The predicted molar refractivity (Wildman–Crippen MR) is 88.1 cm³/mol. The van der Waals surface area contributed by atoms with E-state index >= 15 is 0 Å². The summed E-state index contributed by atoms with van der Waals surface area (Å²) >= 11 is 0. The highest BCUT2D eigenvalue weighted by Gasteiger charge is 2.34. The van der Waals surface area contributed by atoms with Gasteiger partial charge in [0.1, 0.15) is 12.1 Å². The van der Waals surface area contributed by atoms with Crippen molar-refractivity contribution in [1.82, 2.24) is 9.47 Å². The van der Waals surface area contributed by atoms with Crippen molar-refractivity contribution in [2.75, 3.05) is 7.05 Å². The number of pyridine rings is 1. The fourth-order valence-electron chi connectivity index (χ4n) is 2.42. The molecule has 1 unspecified atom stereocenters. The van der Waals surface area contributed by atoms with Crippen LogP contribution < -0.4 is 5.56 Å². The summed E-state index contributed by atoms with van der Waals surface area (Å²) in [6.07, 6.45) is -3.57. The molecule has 0 bridgehead atoms. The highest BCUT2D eigenvalue weighted by atomic mass is 19.4. The number of nitrogens with zero attached hydrogens (tertiary/aromatic N) is 2. The lowest BCUT2D eigenvalue weighted by Gasteiger charge is -2.26. The van der Waals surface area contributed by atoms with Crippen molar-refractivity contribution in [2.24, 2.45) is 0 Å². The molecule has 7 heteroatoms. The van der Waals surface area contributed by atoms with E-state index in [1.54, 1.807) is 7.05 Å². The van der Waals surface area contributed by atoms with Crippen LogP contribution in [0.1, 0.15) is 29.7 Å². The first kappa shape index (κ1) is 18.8. The Morgan fingerprint density at radius 2 is 1.80 bits per heavy atom. The molecule has 0 fully saturated rings. The SMILES string of the molecule is Cc1ccc(C(C)N(C)C(=O)Cn2cccc(C(F)(F)F)c2=O)cc1. The Kier molecular flexibility index (Phi) is 5.35. The number of alkyl halides is 3. The topological polar surface area (TPSA) is 42.3 Å². The van der Waals surface area contributed by atoms with Gasteiger partial charge in [0.2, 0.25) is 5.91 Å². The van der Waals surface area contributed by atoms with E-state index in [0.29, 0.717) is 6.07 Å². The molecule has 0 radical (unpaired) electrons. The van der Waals surface area contributed by atoms with Crippen LogP contribution in [0.15, 0.2) is 47.4 Å². The maximum Gasteiger partial charge on any atom is 0.421 e. The zero-order valence-electron chi connectivity index (χ0n) is 14.2. The quantitative estimate of drug-likeness (QED) is 0.846. The molecule has 134 valence electrons. The minimum Gasteiger partial charge on any atom is -0.337 e. The van der Waals surface area contributed by atoms with Crippen molar-refractivity contribution in [2.45, 2.75) is 32.6 Å². The van der Waals surface area contributed by atoms with Crippen LogP contribution >= 0.6 is 0 Å². The third-order valence-corrected chi connectivity index (χ3v) is 4.17. The molecule has 4 nitrogen and oxygen atoms in total. The largest absolute Gasteiger partial charge is 0.421 e. The zero-order valence-corrected chi connectivity index (χ0v) is 14.2. The summed E-state index contributed by atoms with van der Waals surface area (Å²) < 4.78 is 39.2. The Balaban J connectivity index is 2.19. The van der Waals surface area contributed by atoms with Crippen LogP contribution in [0.5, 0.6) is 0 Å². The van der Waals surface area contributed by atoms with Gasteiger partial charge in [-0.2, -0.15) is 13.2 Å². The maximum absolute atomic E-state index is 12.8. The number of amides is 1. The van der Waals surface area contributed by atoms with Crippen molar-refractivity contribution < 1.29 is 18.0 Å². The number of likely N-dealkylation sites (N-methyl/N-ethyl adjacent to an activating group) is 1. The number of aryl methyl sites for hydroxylation is 1. The van der Waals surface area contributed by atoms with Crippen molar-refractivity contribution in [3.05, 3.63) is 69.6 Å². The lowest BCUT2D eigenvalue weighted by molar-refractivity contribution is -0.139. The molecular weight excluding hydrogens is 333 g/mol. The molecule has 25 heavy (non-hydrogen) atoms. The monoisotopic (exact) mass is 352 g/mol. The van der Waals surface area contributed by atoms with Crippen LogP contribution in [0.3, 0.4) is 0 Å². The molecule has 0 aliphatic carbocycles. The summed E-state index contributed by atoms with van der Waals surface area (Å²) in [6, 6.07) is 9.17. The Morgan fingerprint density at radius 1 is 1.20 bits per heavy atom. The Bertz CT molecular complexity index is 810. The van der Waals surface area contributed by atoms with E-state index in [1.807, 2.05) is 38.1 Å². The van der Waals surface area contributed by atoms with Gasteiger partial charge in [-0.25, -0.2) is 0 Å². The third-order valence-electron chi connectivity index (χ3n) is 4.17. The second kappa shape index (κ2) is 7.13. The van der Waals surface area contributed by atoms with Crippen molar-refractivity contribution in [3.63, 3.8) is 0 Å². The maximum atomic E-state index is 12.8. The van der Waals surface area contributed by atoms with Gasteiger partial charge >= 0.3 is 6.18 Å². The van der Waals surface area contributed by atoms with Crippen LogP contribution in [0.4, 0.5) is 13.2 Å². The molecule has 1 amide bonds. The Morgan fingerprint density at radius 3 is 2.36 bits per heavy atom. The van der Waals surface area contributed by atoms with E-state index in [-0.39, 0.29) is 6.04 Å². The van der Waals surface area contributed by atoms with Gasteiger partial charge in [-0.1, -0.05) is 29.8 Å². The van der Waals surface area contributed by atoms with Crippen LogP contribution in [0.25, 0.3) is 0 Å².